The van der Waals surface area contributed by atoms with Gasteiger partial charge in [-0.05, 0) is 43.8 Å². The predicted molar refractivity (Wildman–Crippen MR) is 142 cm³/mol. The predicted octanol–water partition coefficient (Wildman–Crippen LogP) is 8.56. The van der Waals surface area contributed by atoms with Crippen LogP contribution in [0.2, 0.25) is 0 Å². The molecule has 0 radical (unpaired) electrons. The molecule has 0 spiro atoms. The molecule has 0 saturated heterocycles. The highest BCUT2D eigenvalue weighted by Crippen LogP contribution is 2.43. The Kier molecular flexibility index (Phi) is 5.01. The normalized spacial score (nSPS) is 11.1. The van der Waals surface area contributed by atoms with Crippen LogP contribution in [0.4, 0.5) is 0 Å². The van der Waals surface area contributed by atoms with Crippen molar-refractivity contribution in [2.75, 3.05) is 0 Å². The smallest absolute Gasteiger partial charge is 0.193 e. The van der Waals surface area contributed by atoms with Crippen LogP contribution < -0.4 is 0 Å². The van der Waals surface area contributed by atoms with E-state index in [0.29, 0.717) is 11.1 Å². The van der Waals surface area contributed by atoms with Crippen LogP contribution in [0, 0.1) is 0 Å². The molecule has 0 aromatic heterocycles. The van der Waals surface area contributed by atoms with Gasteiger partial charge in [-0.15, -0.1) is 0 Å². The number of benzene rings is 6. The molecule has 160 valence electrons. The Bertz CT molecular complexity index is 1570. The van der Waals surface area contributed by atoms with Crippen molar-refractivity contribution in [3.05, 3.63) is 145 Å². The molecule has 0 heterocycles. The largest absolute Gasteiger partial charge is 0.289 e. The molecule has 6 aromatic rings. The van der Waals surface area contributed by atoms with Crippen molar-refractivity contribution < 1.29 is 4.79 Å². The van der Waals surface area contributed by atoms with E-state index in [-0.39, 0.29) is 5.78 Å². The number of hydrogen-bond donors (Lipinski definition) is 0. The number of carbonyl (C=O) groups excluding carboxylic acids is 1. The van der Waals surface area contributed by atoms with E-state index >= 15 is 0 Å². The Labute approximate surface area is 198 Å². The molecule has 0 aliphatic carbocycles. The van der Waals surface area contributed by atoms with E-state index in [1.54, 1.807) is 0 Å². The van der Waals surface area contributed by atoms with Crippen LogP contribution in [-0.2, 0) is 0 Å². The number of hydrogen-bond acceptors (Lipinski definition) is 1. The molecule has 0 unspecified atom stereocenters. The van der Waals surface area contributed by atoms with E-state index in [9.17, 15) is 4.79 Å². The van der Waals surface area contributed by atoms with E-state index < -0.39 is 0 Å². The number of fused-ring (bicyclic) bond motifs is 2. The molecule has 0 N–H and O–H groups in total. The van der Waals surface area contributed by atoms with Crippen molar-refractivity contribution in [2.45, 2.75) is 0 Å². The van der Waals surface area contributed by atoms with E-state index in [0.717, 1.165) is 5.56 Å². The van der Waals surface area contributed by atoms with Crippen LogP contribution in [0.1, 0.15) is 15.9 Å². The van der Waals surface area contributed by atoms with Crippen LogP contribution in [0.25, 0.3) is 43.8 Å². The van der Waals surface area contributed by atoms with Crippen LogP contribution >= 0.6 is 0 Å². The van der Waals surface area contributed by atoms with Crippen LogP contribution in [0.5, 0.6) is 0 Å². The summed E-state index contributed by atoms with van der Waals surface area (Å²) in [6.45, 7) is 0. The summed E-state index contributed by atoms with van der Waals surface area (Å²) in [6, 6.07) is 45.3. The van der Waals surface area contributed by atoms with Gasteiger partial charge in [0, 0.05) is 11.1 Å². The summed E-state index contributed by atoms with van der Waals surface area (Å²) in [4.78, 5) is 12.9. The minimum Gasteiger partial charge on any atom is -0.289 e. The average Bonchev–Trinajstić information content (AvgIpc) is 2.92. The first-order valence-corrected chi connectivity index (χ1v) is 11.5. The SMILES string of the molecule is O=C(c1ccccc1)c1ccc(-c2c3ccccc3c(-c3ccccc3)c3ccccc23)cc1. The number of rotatable bonds is 4. The standard InChI is InChI=1S/C33H22O/c34-33(25-13-5-2-6-14-25)26-21-19-24(20-22-26)32-29-17-9-7-15-27(29)31(23-11-3-1-4-12-23)28-16-8-10-18-30(28)32/h1-22H. The summed E-state index contributed by atoms with van der Waals surface area (Å²) >= 11 is 0. The van der Waals surface area contributed by atoms with Gasteiger partial charge in [0.1, 0.15) is 0 Å². The molecule has 0 bridgehead atoms. The summed E-state index contributed by atoms with van der Waals surface area (Å²) < 4.78 is 0. The van der Waals surface area contributed by atoms with Crippen molar-refractivity contribution in [1.82, 2.24) is 0 Å². The van der Waals surface area contributed by atoms with Crippen molar-refractivity contribution >= 4 is 27.3 Å². The molecular weight excluding hydrogens is 412 g/mol. The third-order valence-electron chi connectivity index (χ3n) is 6.47. The van der Waals surface area contributed by atoms with Crippen LogP contribution in [0.3, 0.4) is 0 Å². The Hall–Kier alpha value is -4.49. The van der Waals surface area contributed by atoms with E-state index in [1.807, 2.05) is 42.5 Å². The third kappa shape index (κ3) is 3.39. The van der Waals surface area contributed by atoms with Gasteiger partial charge in [-0.3, -0.25) is 4.79 Å². The van der Waals surface area contributed by atoms with Gasteiger partial charge < -0.3 is 0 Å². The van der Waals surface area contributed by atoms with Gasteiger partial charge in [-0.1, -0.05) is 133 Å². The Morgan fingerprint density at radius 2 is 0.706 bits per heavy atom. The fourth-order valence-electron chi connectivity index (χ4n) is 4.90. The summed E-state index contributed by atoms with van der Waals surface area (Å²) in [7, 11) is 0. The number of ketones is 1. The summed E-state index contributed by atoms with van der Waals surface area (Å²) in [5.74, 6) is 0.0429. The Morgan fingerprint density at radius 3 is 1.18 bits per heavy atom. The molecule has 0 aliphatic rings. The Balaban J connectivity index is 1.58. The van der Waals surface area contributed by atoms with E-state index in [4.69, 9.17) is 0 Å². The lowest BCUT2D eigenvalue weighted by molar-refractivity contribution is 0.103. The van der Waals surface area contributed by atoms with Crippen molar-refractivity contribution in [3.8, 4) is 22.3 Å². The topological polar surface area (TPSA) is 17.1 Å². The molecule has 0 fully saturated rings. The lowest BCUT2D eigenvalue weighted by Crippen LogP contribution is -2.00. The second kappa shape index (κ2) is 8.46. The van der Waals surface area contributed by atoms with Gasteiger partial charge in [-0.25, -0.2) is 0 Å². The van der Waals surface area contributed by atoms with E-state index in [2.05, 4.69) is 91.0 Å². The highest BCUT2D eigenvalue weighted by Gasteiger charge is 2.16. The molecule has 0 saturated carbocycles. The maximum atomic E-state index is 12.9. The zero-order valence-electron chi connectivity index (χ0n) is 18.6. The second-order valence-electron chi connectivity index (χ2n) is 8.48. The maximum absolute atomic E-state index is 12.9. The lowest BCUT2D eigenvalue weighted by atomic mass is 9.86. The van der Waals surface area contributed by atoms with Crippen LogP contribution in [-0.4, -0.2) is 5.78 Å². The number of carbonyl (C=O) groups is 1. The molecule has 6 rings (SSSR count). The third-order valence-corrected chi connectivity index (χ3v) is 6.47. The van der Waals surface area contributed by atoms with Crippen LogP contribution in [0.15, 0.2) is 133 Å². The summed E-state index contributed by atoms with van der Waals surface area (Å²) in [6.07, 6.45) is 0. The first-order valence-electron chi connectivity index (χ1n) is 11.5. The van der Waals surface area contributed by atoms with Crippen molar-refractivity contribution in [1.29, 1.82) is 0 Å². The van der Waals surface area contributed by atoms with Gasteiger partial charge in [-0.2, -0.15) is 0 Å². The first-order chi connectivity index (χ1) is 16.8. The molecule has 1 nitrogen and oxygen atoms in total. The monoisotopic (exact) mass is 434 g/mol. The van der Waals surface area contributed by atoms with E-state index in [1.165, 1.54) is 38.2 Å². The lowest BCUT2D eigenvalue weighted by Gasteiger charge is -2.17. The minimum atomic E-state index is 0.0429. The minimum absolute atomic E-state index is 0.0429. The molecule has 34 heavy (non-hydrogen) atoms. The summed E-state index contributed by atoms with van der Waals surface area (Å²) in [5.41, 5.74) is 6.18. The molecule has 6 aromatic carbocycles. The molecule has 0 atom stereocenters. The fourth-order valence-corrected chi connectivity index (χ4v) is 4.90. The van der Waals surface area contributed by atoms with Gasteiger partial charge in [0.05, 0.1) is 0 Å². The quantitative estimate of drug-likeness (QED) is 0.201. The first kappa shape index (κ1) is 20.1. The second-order valence-corrected chi connectivity index (χ2v) is 8.48. The van der Waals surface area contributed by atoms with Gasteiger partial charge >= 0.3 is 0 Å². The average molecular weight is 435 g/mol. The molecule has 0 amide bonds. The van der Waals surface area contributed by atoms with Gasteiger partial charge in [0.15, 0.2) is 5.78 Å². The van der Waals surface area contributed by atoms with Gasteiger partial charge in [0.25, 0.3) is 0 Å². The summed E-state index contributed by atoms with van der Waals surface area (Å²) in [5, 5.41) is 4.88. The highest BCUT2D eigenvalue weighted by atomic mass is 16.1. The highest BCUT2D eigenvalue weighted by molar-refractivity contribution is 6.21. The van der Waals surface area contributed by atoms with Gasteiger partial charge in [0.2, 0.25) is 0 Å². The molecule has 0 aliphatic heterocycles. The fraction of sp³-hybridized carbons (Fsp3) is 0. The zero-order chi connectivity index (χ0) is 22.9. The molecular formula is C33H22O. The molecule has 1 heteroatoms. The van der Waals surface area contributed by atoms with Crippen molar-refractivity contribution in [3.63, 3.8) is 0 Å². The Morgan fingerprint density at radius 1 is 0.353 bits per heavy atom. The maximum Gasteiger partial charge on any atom is 0.193 e. The zero-order valence-corrected chi connectivity index (χ0v) is 18.6. The van der Waals surface area contributed by atoms with Crippen molar-refractivity contribution in [2.24, 2.45) is 0 Å².